The van der Waals surface area contributed by atoms with Gasteiger partial charge in [-0.25, -0.2) is 0 Å². The predicted molar refractivity (Wildman–Crippen MR) is 61.5 cm³/mol. The third-order valence-electron chi connectivity index (χ3n) is 4.43. The van der Waals surface area contributed by atoms with E-state index < -0.39 is 8.07 Å². The number of hydrogen-bond acceptors (Lipinski definition) is 0. The molecular weight excluding hydrogens is 172 g/mol. The lowest BCUT2D eigenvalue weighted by atomic mass is 9.86. The molecule has 1 fully saturated rings. The van der Waals surface area contributed by atoms with E-state index >= 15 is 0 Å². The van der Waals surface area contributed by atoms with Gasteiger partial charge in [0.05, 0.1) is 0 Å². The Kier molecular flexibility index (Phi) is 1.99. The zero-order valence-electron chi connectivity index (χ0n) is 9.54. The van der Waals surface area contributed by atoms with Crippen molar-refractivity contribution < 1.29 is 0 Å². The lowest BCUT2D eigenvalue weighted by molar-refractivity contribution is 0.364. The molecule has 2 bridgehead atoms. The van der Waals surface area contributed by atoms with E-state index in [0.717, 1.165) is 29.2 Å². The maximum absolute atomic E-state index is 2.54. The summed E-state index contributed by atoms with van der Waals surface area (Å²) in [4.78, 5) is 0. The SMILES string of the molecule is C[C@@H]1C2C=CC(C2[Si](C)(C)C)[C@H]1C. The molecule has 0 heterocycles. The Morgan fingerprint density at radius 1 is 0.846 bits per heavy atom. The molecule has 74 valence electrons. The predicted octanol–water partition coefficient (Wildman–Crippen LogP) is 3.78. The maximum atomic E-state index is 2.54. The van der Waals surface area contributed by atoms with Crippen LogP contribution in [-0.2, 0) is 0 Å². The van der Waals surface area contributed by atoms with E-state index in [-0.39, 0.29) is 0 Å². The molecule has 0 radical (unpaired) electrons. The zero-order valence-corrected chi connectivity index (χ0v) is 10.5. The molecule has 2 unspecified atom stereocenters. The van der Waals surface area contributed by atoms with Gasteiger partial charge in [0.1, 0.15) is 0 Å². The van der Waals surface area contributed by atoms with Gasteiger partial charge >= 0.3 is 0 Å². The first-order chi connectivity index (χ1) is 5.93. The van der Waals surface area contributed by atoms with E-state index in [0.29, 0.717) is 0 Å². The smallest absolute Gasteiger partial charge is 0.0486 e. The topological polar surface area (TPSA) is 0 Å². The summed E-state index contributed by atoms with van der Waals surface area (Å²) in [6.07, 6.45) is 5.02. The van der Waals surface area contributed by atoms with Gasteiger partial charge in [0, 0.05) is 8.07 Å². The molecule has 4 atom stereocenters. The normalized spacial score (nSPS) is 48.8. The van der Waals surface area contributed by atoms with Gasteiger partial charge in [-0.2, -0.15) is 0 Å². The second-order valence-corrected chi connectivity index (χ2v) is 11.5. The Labute approximate surface area is 83.4 Å². The van der Waals surface area contributed by atoms with E-state index in [2.05, 4.69) is 45.6 Å². The minimum absolute atomic E-state index is 0.923. The third-order valence-corrected chi connectivity index (χ3v) is 7.20. The highest BCUT2D eigenvalue weighted by atomic mass is 28.3. The Hall–Kier alpha value is -0.0431. The zero-order chi connectivity index (χ0) is 9.80. The number of hydrogen-bond donors (Lipinski definition) is 0. The Bertz CT molecular complexity index is 218. The van der Waals surface area contributed by atoms with Crippen LogP contribution >= 0.6 is 0 Å². The van der Waals surface area contributed by atoms with Crippen molar-refractivity contribution in [2.75, 3.05) is 0 Å². The van der Waals surface area contributed by atoms with Gasteiger partial charge in [0.2, 0.25) is 0 Å². The molecular formula is C12H22Si. The summed E-state index contributed by atoms with van der Waals surface area (Å²) in [5.41, 5.74) is 1.04. The van der Waals surface area contributed by atoms with Crippen LogP contribution in [0.15, 0.2) is 12.2 Å². The monoisotopic (exact) mass is 194 g/mol. The number of rotatable bonds is 1. The lowest BCUT2D eigenvalue weighted by Crippen LogP contribution is -2.32. The molecule has 2 aliphatic rings. The summed E-state index contributed by atoms with van der Waals surface area (Å²) in [7, 11) is -0.934. The summed E-state index contributed by atoms with van der Waals surface area (Å²) in [5, 5.41) is 0. The second-order valence-electron chi connectivity index (χ2n) is 6.15. The molecule has 0 aromatic rings. The first-order valence-corrected chi connectivity index (χ1v) is 9.19. The standard InChI is InChI=1S/C12H22Si/c1-8-9(2)11-7-6-10(8)12(11)13(3,4)5/h6-12H,1-5H3/t8-,9-,10?,11?,12?/m0/s1. The van der Waals surface area contributed by atoms with E-state index in [1.807, 2.05) is 0 Å². The number of fused-ring (bicyclic) bond motifs is 2. The second kappa shape index (κ2) is 2.72. The van der Waals surface area contributed by atoms with Crippen LogP contribution in [0.1, 0.15) is 13.8 Å². The van der Waals surface area contributed by atoms with Crippen molar-refractivity contribution in [1.82, 2.24) is 0 Å². The molecule has 0 saturated heterocycles. The van der Waals surface area contributed by atoms with Crippen molar-refractivity contribution in [2.45, 2.75) is 39.0 Å². The van der Waals surface area contributed by atoms with Crippen LogP contribution in [0.3, 0.4) is 0 Å². The molecule has 0 aromatic carbocycles. The quantitative estimate of drug-likeness (QED) is 0.440. The average Bonchev–Trinajstić information content (AvgIpc) is 2.50. The minimum Gasteiger partial charge on any atom is -0.0848 e. The molecule has 0 spiro atoms. The van der Waals surface area contributed by atoms with Crippen LogP contribution in [0.2, 0.25) is 25.2 Å². The highest BCUT2D eigenvalue weighted by Crippen LogP contribution is 2.58. The van der Waals surface area contributed by atoms with Crippen molar-refractivity contribution in [1.29, 1.82) is 0 Å². The van der Waals surface area contributed by atoms with Crippen molar-refractivity contribution >= 4 is 8.07 Å². The lowest BCUT2D eigenvalue weighted by Gasteiger charge is -2.30. The summed E-state index contributed by atoms with van der Waals surface area (Å²) in [5.74, 6) is 3.72. The Morgan fingerprint density at radius 2 is 1.23 bits per heavy atom. The van der Waals surface area contributed by atoms with Crippen molar-refractivity contribution in [3.8, 4) is 0 Å². The van der Waals surface area contributed by atoms with Gasteiger partial charge in [-0.15, -0.1) is 0 Å². The fourth-order valence-electron chi connectivity index (χ4n) is 3.61. The van der Waals surface area contributed by atoms with Crippen molar-refractivity contribution in [3.05, 3.63) is 12.2 Å². The average molecular weight is 194 g/mol. The molecule has 0 N–H and O–H groups in total. The first-order valence-electron chi connectivity index (χ1n) is 5.61. The minimum atomic E-state index is -0.934. The number of allylic oxidation sites excluding steroid dienone is 2. The molecule has 2 rings (SSSR count). The van der Waals surface area contributed by atoms with Crippen LogP contribution < -0.4 is 0 Å². The van der Waals surface area contributed by atoms with E-state index in [4.69, 9.17) is 0 Å². The van der Waals surface area contributed by atoms with Crippen molar-refractivity contribution in [2.24, 2.45) is 23.7 Å². The van der Waals surface area contributed by atoms with E-state index in [1.54, 1.807) is 0 Å². The highest BCUT2D eigenvalue weighted by molar-refractivity contribution is 6.77. The Morgan fingerprint density at radius 3 is 1.46 bits per heavy atom. The van der Waals surface area contributed by atoms with Crippen LogP contribution in [-0.4, -0.2) is 8.07 Å². The van der Waals surface area contributed by atoms with E-state index in [9.17, 15) is 0 Å². The van der Waals surface area contributed by atoms with Gasteiger partial charge in [0.15, 0.2) is 0 Å². The summed E-state index contributed by atoms with van der Waals surface area (Å²) in [6.45, 7) is 12.5. The summed E-state index contributed by atoms with van der Waals surface area (Å²) >= 11 is 0. The Balaban J connectivity index is 2.29. The molecule has 0 nitrogen and oxygen atoms in total. The fraction of sp³-hybridized carbons (Fsp3) is 0.833. The largest absolute Gasteiger partial charge is 0.0848 e. The van der Waals surface area contributed by atoms with Gasteiger partial charge in [0.25, 0.3) is 0 Å². The van der Waals surface area contributed by atoms with Gasteiger partial charge in [-0.3, -0.25) is 0 Å². The maximum Gasteiger partial charge on any atom is 0.0486 e. The summed E-state index contributed by atoms with van der Waals surface area (Å²) in [6, 6.07) is 0. The van der Waals surface area contributed by atoms with Crippen LogP contribution in [0, 0.1) is 23.7 Å². The molecule has 2 aliphatic carbocycles. The fourth-order valence-corrected chi connectivity index (χ4v) is 6.75. The molecule has 1 saturated carbocycles. The molecule has 0 amide bonds. The van der Waals surface area contributed by atoms with Gasteiger partial charge in [-0.1, -0.05) is 45.6 Å². The van der Waals surface area contributed by atoms with Crippen LogP contribution in [0.25, 0.3) is 0 Å². The van der Waals surface area contributed by atoms with Crippen molar-refractivity contribution in [3.63, 3.8) is 0 Å². The molecule has 13 heavy (non-hydrogen) atoms. The molecule has 0 aromatic heterocycles. The first kappa shape index (κ1) is 9.51. The van der Waals surface area contributed by atoms with Crippen LogP contribution in [0.4, 0.5) is 0 Å². The van der Waals surface area contributed by atoms with Crippen LogP contribution in [0.5, 0.6) is 0 Å². The van der Waals surface area contributed by atoms with E-state index in [1.165, 1.54) is 0 Å². The van der Waals surface area contributed by atoms with Gasteiger partial charge in [-0.05, 0) is 29.2 Å². The van der Waals surface area contributed by atoms with Gasteiger partial charge < -0.3 is 0 Å². The molecule has 1 heteroatoms. The molecule has 0 aliphatic heterocycles. The third kappa shape index (κ3) is 1.24. The summed E-state index contributed by atoms with van der Waals surface area (Å²) < 4.78 is 0. The highest BCUT2D eigenvalue weighted by Gasteiger charge is 2.52.